The number of imide groups is 3. The number of ether oxygens (including phenoxy) is 1. The number of piperidine rings is 1. The molecule has 0 aromatic heterocycles. The summed E-state index contributed by atoms with van der Waals surface area (Å²) in [7, 11) is 0. The predicted molar refractivity (Wildman–Crippen MR) is 139 cm³/mol. The molecule has 0 bridgehead atoms. The highest BCUT2D eigenvalue weighted by Crippen LogP contribution is 2.29. The fourth-order valence-corrected chi connectivity index (χ4v) is 4.37. The molecule has 1 fully saturated rings. The third-order valence-electron chi connectivity index (χ3n) is 6.22. The molecule has 1 aromatic rings. The van der Waals surface area contributed by atoms with Crippen molar-refractivity contribution in [1.29, 1.82) is 0 Å². The van der Waals surface area contributed by atoms with Crippen LogP contribution >= 0.6 is 0 Å². The molecular weight excluding hydrogens is 506 g/mol. The standard InChI is InChI=1S/C28H33N3O8/c1-28(2,3)39-27(38)30(26(36)37)17-10-8-6-4-5-7-9-12-18-13-11-14-19-22(18)25(35)31(24(19)34)20-15-16-21(32)29-23(20)33/h11,13-14,20H,4-8,10,15-17H2,1-3H3,(H,36,37)(H,29,32,33). The lowest BCUT2D eigenvalue weighted by Gasteiger charge is -2.27. The van der Waals surface area contributed by atoms with Gasteiger partial charge in [-0.25, -0.2) is 14.5 Å². The Kier molecular flexibility index (Phi) is 9.46. The van der Waals surface area contributed by atoms with E-state index < -0.39 is 47.5 Å². The normalized spacial score (nSPS) is 16.8. The molecule has 11 heteroatoms. The molecule has 39 heavy (non-hydrogen) atoms. The predicted octanol–water partition coefficient (Wildman–Crippen LogP) is 3.70. The molecule has 1 unspecified atom stereocenters. The van der Waals surface area contributed by atoms with Crippen molar-refractivity contribution in [1.82, 2.24) is 15.1 Å². The third-order valence-corrected chi connectivity index (χ3v) is 6.22. The summed E-state index contributed by atoms with van der Waals surface area (Å²) >= 11 is 0. The minimum atomic E-state index is -1.34. The summed E-state index contributed by atoms with van der Waals surface area (Å²) in [4.78, 5) is 74.7. The minimum Gasteiger partial charge on any atom is -0.465 e. The highest BCUT2D eigenvalue weighted by atomic mass is 16.6. The van der Waals surface area contributed by atoms with Crippen LogP contribution in [0.4, 0.5) is 9.59 Å². The molecule has 2 aliphatic rings. The van der Waals surface area contributed by atoms with Crippen LogP contribution in [0.2, 0.25) is 0 Å². The lowest BCUT2D eigenvalue weighted by Crippen LogP contribution is -2.54. The number of fused-ring (bicyclic) bond motifs is 1. The van der Waals surface area contributed by atoms with Gasteiger partial charge < -0.3 is 9.84 Å². The van der Waals surface area contributed by atoms with Crippen LogP contribution in [-0.4, -0.2) is 68.9 Å². The highest BCUT2D eigenvalue weighted by Gasteiger charge is 2.45. The van der Waals surface area contributed by atoms with Gasteiger partial charge in [0.15, 0.2) is 0 Å². The van der Waals surface area contributed by atoms with Gasteiger partial charge in [-0.15, -0.1) is 0 Å². The van der Waals surface area contributed by atoms with E-state index in [4.69, 9.17) is 4.74 Å². The number of carbonyl (C=O) groups is 6. The first-order valence-electron chi connectivity index (χ1n) is 13.0. The van der Waals surface area contributed by atoms with Crippen LogP contribution in [0.1, 0.15) is 98.4 Å². The molecule has 2 aliphatic heterocycles. The van der Waals surface area contributed by atoms with Crippen molar-refractivity contribution < 1.29 is 38.6 Å². The first-order valence-corrected chi connectivity index (χ1v) is 13.0. The molecule has 1 aromatic carbocycles. The Labute approximate surface area is 226 Å². The van der Waals surface area contributed by atoms with Crippen LogP contribution in [0.25, 0.3) is 0 Å². The fourth-order valence-electron chi connectivity index (χ4n) is 4.37. The number of rotatable bonds is 8. The van der Waals surface area contributed by atoms with Gasteiger partial charge in [-0.2, -0.15) is 0 Å². The number of hydrogen-bond donors (Lipinski definition) is 2. The molecule has 208 valence electrons. The Morgan fingerprint density at radius 2 is 1.77 bits per heavy atom. The van der Waals surface area contributed by atoms with Crippen molar-refractivity contribution in [2.45, 2.75) is 83.8 Å². The lowest BCUT2D eigenvalue weighted by molar-refractivity contribution is -0.136. The number of benzene rings is 1. The van der Waals surface area contributed by atoms with Crippen LogP contribution in [-0.2, 0) is 14.3 Å². The minimum absolute atomic E-state index is 0.0536. The van der Waals surface area contributed by atoms with Gasteiger partial charge in [0.05, 0.1) is 11.1 Å². The SMILES string of the molecule is CC(C)(C)OC(=O)N(CCCCCCCC#Cc1cccc2c1C(=O)N(C1CCC(=O)NC1=O)C2=O)C(=O)O. The van der Waals surface area contributed by atoms with Crippen LogP contribution in [0.3, 0.4) is 0 Å². The van der Waals surface area contributed by atoms with Crippen molar-refractivity contribution >= 4 is 35.8 Å². The zero-order chi connectivity index (χ0) is 28.7. The van der Waals surface area contributed by atoms with Crippen molar-refractivity contribution in [3.05, 3.63) is 34.9 Å². The molecule has 0 spiro atoms. The summed E-state index contributed by atoms with van der Waals surface area (Å²) in [5.41, 5.74) is 0.00371. The smallest absolute Gasteiger partial charge is 0.419 e. The van der Waals surface area contributed by atoms with Gasteiger partial charge >= 0.3 is 12.2 Å². The van der Waals surface area contributed by atoms with E-state index in [-0.39, 0.29) is 30.5 Å². The van der Waals surface area contributed by atoms with E-state index in [2.05, 4.69) is 17.2 Å². The van der Waals surface area contributed by atoms with E-state index >= 15 is 0 Å². The monoisotopic (exact) mass is 539 g/mol. The molecule has 2 N–H and O–H groups in total. The first kappa shape index (κ1) is 29.4. The summed E-state index contributed by atoms with van der Waals surface area (Å²) in [5.74, 6) is 3.76. The van der Waals surface area contributed by atoms with E-state index in [1.54, 1.807) is 32.9 Å². The summed E-state index contributed by atoms with van der Waals surface area (Å²) < 4.78 is 5.12. The van der Waals surface area contributed by atoms with Gasteiger partial charge in [0.2, 0.25) is 11.8 Å². The van der Waals surface area contributed by atoms with Crippen molar-refractivity contribution in [2.75, 3.05) is 6.54 Å². The zero-order valence-electron chi connectivity index (χ0n) is 22.4. The van der Waals surface area contributed by atoms with Gasteiger partial charge in [-0.05, 0) is 52.2 Å². The largest absolute Gasteiger partial charge is 0.465 e. The Hall–Kier alpha value is -4.20. The average Bonchev–Trinajstić information content (AvgIpc) is 3.09. The van der Waals surface area contributed by atoms with Crippen LogP contribution in [0.5, 0.6) is 0 Å². The summed E-state index contributed by atoms with van der Waals surface area (Å²) in [6.45, 7) is 5.08. The second-order valence-electron chi connectivity index (χ2n) is 10.4. The fraction of sp³-hybridized carbons (Fsp3) is 0.500. The number of carbonyl (C=O) groups excluding carboxylic acids is 5. The topological polar surface area (TPSA) is 150 Å². The second kappa shape index (κ2) is 12.6. The molecule has 1 atom stereocenters. The van der Waals surface area contributed by atoms with Gasteiger partial charge in [0.1, 0.15) is 11.6 Å². The molecule has 1 saturated heterocycles. The van der Waals surface area contributed by atoms with E-state index in [9.17, 15) is 33.9 Å². The number of unbranched alkanes of at least 4 members (excludes halogenated alkanes) is 5. The van der Waals surface area contributed by atoms with Crippen LogP contribution in [0, 0.1) is 11.8 Å². The Balaban J connectivity index is 1.47. The number of amides is 6. The molecule has 6 amide bonds. The maximum Gasteiger partial charge on any atom is 0.419 e. The second-order valence-corrected chi connectivity index (χ2v) is 10.4. The maximum atomic E-state index is 13.1. The van der Waals surface area contributed by atoms with Crippen LogP contribution in [0.15, 0.2) is 18.2 Å². The maximum absolute atomic E-state index is 13.1. The number of nitrogens with zero attached hydrogens (tertiary/aromatic N) is 2. The average molecular weight is 540 g/mol. The number of hydrogen-bond acceptors (Lipinski definition) is 7. The van der Waals surface area contributed by atoms with E-state index in [0.29, 0.717) is 23.3 Å². The third kappa shape index (κ3) is 7.44. The molecule has 2 heterocycles. The Morgan fingerprint density at radius 1 is 1.08 bits per heavy atom. The van der Waals surface area contributed by atoms with E-state index in [0.717, 1.165) is 30.6 Å². The van der Waals surface area contributed by atoms with Gasteiger partial charge in [0.25, 0.3) is 11.8 Å². The van der Waals surface area contributed by atoms with Crippen LogP contribution < -0.4 is 5.32 Å². The van der Waals surface area contributed by atoms with Crippen molar-refractivity contribution in [3.8, 4) is 11.8 Å². The Morgan fingerprint density at radius 3 is 2.44 bits per heavy atom. The van der Waals surface area contributed by atoms with E-state index in [1.165, 1.54) is 6.07 Å². The lowest BCUT2D eigenvalue weighted by atomic mass is 10.0. The molecule has 11 nitrogen and oxygen atoms in total. The zero-order valence-corrected chi connectivity index (χ0v) is 22.4. The summed E-state index contributed by atoms with van der Waals surface area (Å²) in [6, 6.07) is 3.80. The van der Waals surface area contributed by atoms with Gasteiger partial charge in [-0.3, -0.25) is 29.4 Å². The quantitative estimate of drug-likeness (QED) is 0.288. The summed E-state index contributed by atoms with van der Waals surface area (Å²) in [5, 5.41) is 11.4. The molecule has 0 aliphatic carbocycles. The van der Waals surface area contributed by atoms with Crippen molar-refractivity contribution in [3.63, 3.8) is 0 Å². The molecular formula is C28H33N3O8. The molecule has 3 rings (SSSR count). The van der Waals surface area contributed by atoms with Gasteiger partial charge in [0, 0.05) is 24.9 Å². The number of carboxylic acid groups (broad SMARTS) is 1. The highest BCUT2D eigenvalue weighted by molar-refractivity contribution is 6.24. The van der Waals surface area contributed by atoms with E-state index in [1.807, 2.05) is 0 Å². The summed E-state index contributed by atoms with van der Waals surface area (Å²) in [6.07, 6.45) is 2.20. The number of nitrogens with one attached hydrogen (secondary N) is 1. The molecule has 0 saturated carbocycles. The first-order chi connectivity index (χ1) is 18.4. The van der Waals surface area contributed by atoms with Crippen molar-refractivity contribution in [2.24, 2.45) is 0 Å². The van der Waals surface area contributed by atoms with Gasteiger partial charge in [-0.1, -0.05) is 37.2 Å². The molecule has 0 radical (unpaired) electrons. The Bertz CT molecular complexity index is 1240.